The number of ether oxygens (including phenoxy) is 2. The maximum Gasteiger partial charge on any atom is 0.227 e. The molecule has 4 rings (SSSR count). The van der Waals surface area contributed by atoms with E-state index in [0.29, 0.717) is 13.2 Å². The van der Waals surface area contributed by atoms with E-state index in [1.54, 1.807) is 0 Å². The highest BCUT2D eigenvalue weighted by Crippen LogP contribution is 2.35. The Morgan fingerprint density at radius 2 is 1.90 bits per heavy atom. The smallest absolute Gasteiger partial charge is 0.227 e. The zero-order chi connectivity index (χ0) is 20.2. The van der Waals surface area contributed by atoms with Gasteiger partial charge in [-0.1, -0.05) is 12.1 Å². The molecule has 2 aromatic carbocycles. The largest absolute Gasteiger partial charge is 0.494 e. The second-order valence-corrected chi connectivity index (χ2v) is 7.53. The van der Waals surface area contributed by atoms with E-state index in [1.807, 2.05) is 49.4 Å². The van der Waals surface area contributed by atoms with Gasteiger partial charge in [0.05, 0.1) is 25.7 Å². The van der Waals surface area contributed by atoms with Crippen LogP contribution in [-0.4, -0.2) is 25.0 Å². The second-order valence-electron chi connectivity index (χ2n) is 7.53. The van der Waals surface area contributed by atoms with Gasteiger partial charge in [0.1, 0.15) is 11.5 Å². The van der Waals surface area contributed by atoms with Crippen LogP contribution in [0.4, 0.5) is 5.69 Å². The summed E-state index contributed by atoms with van der Waals surface area (Å²) in [4.78, 5) is 24.4. The molecule has 0 radical (unpaired) electrons. The number of fused-ring (bicyclic) bond motifs is 1. The molecule has 152 valence electrons. The molecule has 1 aliphatic carbocycles. The van der Waals surface area contributed by atoms with E-state index < -0.39 is 0 Å². The molecule has 0 spiro atoms. The molecule has 29 heavy (non-hydrogen) atoms. The molecule has 0 saturated heterocycles. The molecule has 2 amide bonds. The SMILES string of the molecule is CCOc1ccc2c(c1)C(NC(=O)Cc1ccc(NC(=O)C3CC3)cc1)CCO2. The summed E-state index contributed by atoms with van der Waals surface area (Å²) < 4.78 is 11.3. The lowest BCUT2D eigenvalue weighted by atomic mass is 9.99. The highest BCUT2D eigenvalue weighted by atomic mass is 16.5. The van der Waals surface area contributed by atoms with E-state index in [4.69, 9.17) is 9.47 Å². The number of benzene rings is 2. The lowest BCUT2D eigenvalue weighted by Crippen LogP contribution is -2.33. The van der Waals surface area contributed by atoms with Crippen LogP contribution in [0, 0.1) is 5.92 Å². The zero-order valence-electron chi connectivity index (χ0n) is 16.6. The van der Waals surface area contributed by atoms with E-state index in [-0.39, 0.29) is 30.2 Å². The summed E-state index contributed by atoms with van der Waals surface area (Å²) in [7, 11) is 0. The maximum absolute atomic E-state index is 12.6. The molecule has 2 N–H and O–H groups in total. The van der Waals surface area contributed by atoms with Crippen LogP contribution in [-0.2, 0) is 16.0 Å². The fraction of sp³-hybridized carbons (Fsp3) is 0.391. The van der Waals surface area contributed by atoms with Gasteiger partial charge in [0.25, 0.3) is 0 Å². The molecule has 1 heterocycles. The Labute approximate surface area is 170 Å². The summed E-state index contributed by atoms with van der Waals surface area (Å²) in [6.45, 7) is 3.10. The van der Waals surface area contributed by atoms with Crippen LogP contribution in [0.15, 0.2) is 42.5 Å². The highest BCUT2D eigenvalue weighted by molar-refractivity contribution is 5.94. The summed E-state index contributed by atoms with van der Waals surface area (Å²) in [6, 6.07) is 13.1. The third-order valence-electron chi connectivity index (χ3n) is 5.20. The van der Waals surface area contributed by atoms with Crippen LogP contribution >= 0.6 is 0 Å². The highest BCUT2D eigenvalue weighted by Gasteiger charge is 2.29. The molecule has 1 fully saturated rings. The maximum atomic E-state index is 12.6. The van der Waals surface area contributed by atoms with Crippen molar-refractivity contribution in [2.45, 2.75) is 38.6 Å². The van der Waals surface area contributed by atoms with Gasteiger partial charge in [0.15, 0.2) is 0 Å². The molecule has 6 nitrogen and oxygen atoms in total. The number of nitrogens with one attached hydrogen (secondary N) is 2. The number of carbonyl (C=O) groups is 2. The van der Waals surface area contributed by atoms with E-state index >= 15 is 0 Å². The first kappa shape index (κ1) is 19.3. The quantitative estimate of drug-likeness (QED) is 0.752. The van der Waals surface area contributed by atoms with Crippen LogP contribution < -0.4 is 20.1 Å². The molecular weight excluding hydrogens is 368 g/mol. The van der Waals surface area contributed by atoms with Crippen molar-refractivity contribution in [3.05, 3.63) is 53.6 Å². The lowest BCUT2D eigenvalue weighted by Gasteiger charge is -2.27. The van der Waals surface area contributed by atoms with Crippen LogP contribution in [0.2, 0.25) is 0 Å². The number of rotatable bonds is 7. The summed E-state index contributed by atoms with van der Waals surface area (Å²) >= 11 is 0. The Morgan fingerprint density at radius 1 is 1.10 bits per heavy atom. The van der Waals surface area contributed by atoms with Crippen molar-refractivity contribution in [1.82, 2.24) is 5.32 Å². The number of amides is 2. The van der Waals surface area contributed by atoms with Crippen molar-refractivity contribution < 1.29 is 19.1 Å². The predicted molar refractivity (Wildman–Crippen MR) is 110 cm³/mol. The third-order valence-corrected chi connectivity index (χ3v) is 5.20. The van der Waals surface area contributed by atoms with Gasteiger partial charge in [-0.15, -0.1) is 0 Å². The fourth-order valence-corrected chi connectivity index (χ4v) is 3.51. The normalized spacial score (nSPS) is 17.6. The van der Waals surface area contributed by atoms with Crippen molar-refractivity contribution in [1.29, 1.82) is 0 Å². The molecule has 1 saturated carbocycles. The Bertz CT molecular complexity index is 890. The first-order valence-corrected chi connectivity index (χ1v) is 10.2. The monoisotopic (exact) mass is 394 g/mol. The molecule has 1 atom stereocenters. The molecule has 0 aromatic heterocycles. The van der Waals surface area contributed by atoms with Crippen LogP contribution in [0.1, 0.15) is 43.4 Å². The third kappa shape index (κ3) is 4.88. The topological polar surface area (TPSA) is 76.7 Å². The first-order valence-electron chi connectivity index (χ1n) is 10.2. The molecule has 2 aromatic rings. The first-order chi connectivity index (χ1) is 14.1. The summed E-state index contributed by atoms with van der Waals surface area (Å²) in [5, 5.41) is 6.03. The van der Waals surface area contributed by atoms with Gasteiger partial charge >= 0.3 is 0 Å². The van der Waals surface area contributed by atoms with Crippen molar-refractivity contribution in [3.8, 4) is 11.5 Å². The van der Waals surface area contributed by atoms with Gasteiger partial charge in [-0.3, -0.25) is 9.59 Å². The van der Waals surface area contributed by atoms with Gasteiger partial charge in [-0.2, -0.15) is 0 Å². The molecule has 1 unspecified atom stereocenters. The van der Waals surface area contributed by atoms with Crippen molar-refractivity contribution in [2.24, 2.45) is 5.92 Å². The molecule has 0 bridgehead atoms. The van der Waals surface area contributed by atoms with Crippen LogP contribution in [0.5, 0.6) is 11.5 Å². The fourth-order valence-electron chi connectivity index (χ4n) is 3.51. The number of hydrogen-bond acceptors (Lipinski definition) is 4. The predicted octanol–water partition coefficient (Wildman–Crippen LogP) is 3.62. The second kappa shape index (κ2) is 8.55. The summed E-state index contributed by atoms with van der Waals surface area (Å²) in [6.07, 6.45) is 2.96. The Balaban J connectivity index is 1.36. The lowest BCUT2D eigenvalue weighted by molar-refractivity contribution is -0.121. The number of anilines is 1. The summed E-state index contributed by atoms with van der Waals surface area (Å²) in [5.74, 6) is 1.78. The average molecular weight is 394 g/mol. The van der Waals surface area contributed by atoms with Gasteiger partial charge in [0.2, 0.25) is 11.8 Å². The van der Waals surface area contributed by atoms with Gasteiger partial charge in [-0.25, -0.2) is 0 Å². The average Bonchev–Trinajstić information content (AvgIpc) is 3.56. The Hall–Kier alpha value is -3.02. The Morgan fingerprint density at radius 3 is 2.62 bits per heavy atom. The molecule has 1 aliphatic heterocycles. The van der Waals surface area contributed by atoms with E-state index in [9.17, 15) is 9.59 Å². The van der Waals surface area contributed by atoms with Crippen molar-refractivity contribution >= 4 is 17.5 Å². The van der Waals surface area contributed by atoms with E-state index in [1.165, 1.54) is 0 Å². The van der Waals surface area contributed by atoms with Crippen LogP contribution in [0.25, 0.3) is 0 Å². The van der Waals surface area contributed by atoms with Gasteiger partial charge in [0, 0.05) is 23.6 Å². The molecule has 6 heteroatoms. The van der Waals surface area contributed by atoms with Crippen molar-refractivity contribution in [2.75, 3.05) is 18.5 Å². The Kier molecular flexibility index (Phi) is 5.69. The standard InChI is InChI=1S/C23H26N2O4/c1-2-28-18-9-10-21-19(14-18)20(11-12-29-21)25-22(26)13-15-3-7-17(8-4-15)24-23(27)16-5-6-16/h3-4,7-10,14,16,20H,2,5-6,11-13H2,1H3,(H,24,27)(H,25,26). The molecule has 2 aliphatic rings. The van der Waals surface area contributed by atoms with E-state index in [2.05, 4.69) is 10.6 Å². The zero-order valence-corrected chi connectivity index (χ0v) is 16.6. The number of carbonyl (C=O) groups excluding carboxylic acids is 2. The minimum atomic E-state index is -0.0937. The number of hydrogen-bond donors (Lipinski definition) is 2. The minimum Gasteiger partial charge on any atom is -0.494 e. The van der Waals surface area contributed by atoms with Crippen LogP contribution in [0.3, 0.4) is 0 Å². The summed E-state index contributed by atoms with van der Waals surface area (Å²) in [5.41, 5.74) is 2.63. The minimum absolute atomic E-state index is 0.0422. The van der Waals surface area contributed by atoms with E-state index in [0.717, 1.165) is 47.6 Å². The molecular formula is C23H26N2O4. The van der Waals surface area contributed by atoms with Gasteiger partial charge in [-0.05, 0) is 55.7 Å². The van der Waals surface area contributed by atoms with Gasteiger partial charge < -0.3 is 20.1 Å². The van der Waals surface area contributed by atoms with Crippen molar-refractivity contribution in [3.63, 3.8) is 0 Å².